The summed E-state index contributed by atoms with van der Waals surface area (Å²) in [7, 11) is 1.92. The van der Waals surface area contributed by atoms with Crippen molar-refractivity contribution in [1.82, 2.24) is 14.8 Å². The second-order valence-electron chi connectivity index (χ2n) is 4.73. The fraction of sp³-hybridized carbons (Fsp3) is 0.467. The van der Waals surface area contributed by atoms with Gasteiger partial charge in [-0.3, -0.25) is 9.67 Å². The van der Waals surface area contributed by atoms with Gasteiger partial charge in [-0.25, -0.2) is 0 Å². The molecule has 2 aromatic heterocycles. The van der Waals surface area contributed by atoms with Crippen molar-refractivity contribution in [2.24, 2.45) is 7.05 Å². The maximum atomic E-state index is 10.4. The zero-order valence-corrected chi connectivity index (χ0v) is 11.8. The predicted octanol–water partition coefficient (Wildman–Crippen LogP) is 2.22. The second-order valence-corrected chi connectivity index (χ2v) is 4.73. The molecule has 0 saturated carbocycles. The van der Waals surface area contributed by atoms with Crippen LogP contribution in [0.25, 0.3) is 0 Å². The third-order valence-corrected chi connectivity index (χ3v) is 3.41. The Bertz CT molecular complexity index is 548. The SMILES string of the molecule is CCc1cc(CC(O)c2ncccc2CC)n(C)n1. The average Bonchev–Trinajstić information content (AvgIpc) is 2.79. The number of hydrogen-bond donors (Lipinski definition) is 1. The van der Waals surface area contributed by atoms with Gasteiger partial charge >= 0.3 is 0 Å². The summed E-state index contributed by atoms with van der Waals surface area (Å²) < 4.78 is 1.84. The fourth-order valence-corrected chi connectivity index (χ4v) is 2.28. The molecule has 2 heterocycles. The highest BCUT2D eigenvalue weighted by Gasteiger charge is 2.16. The molecule has 0 saturated heterocycles. The van der Waals surface area contributed by atoms with Gasteiger partial charge in [-0.1, -0.05) is 19.9 Å². The summed E-state index contributed by atoms with van der Waals surface area (Å²) in [6, 6.07) is 5.98. The zero-order chi connectivity index (χ0) is 13.8. The number of pyridine rings is 1. The van der Waals surface area contributed by atoms with Gasteiger partial charge in [0.2, 0.25) is 0 Å². The van der Waals surface area contributed by atoms with Crippen molar-refractivity contribution in [1.29, 1.82) is 0 Å². The van der Waals surface area contributed by atoms with Crippen LogP contribution in [0.3, 0.4) is 0 Å². The lowest BCUT2D eigenvalue weighted by molar-refractivity contribution is 0.170. The molecule has 1 unspecified atom stereocenters. The van der Waals surface area contributed by atoms with E-state index in [9.17, 15) is 5.11 Å². The smallest absolute Gasteiger partial charge is 0.102 e. The van der Waals surface area contributed by atoms with Gasteiger partial charge in [-0.05, 0) is 30.5 Å². The van der Waals surface area contributed by atoms with E-state index in [0.29, 0.717) is 6.42 Å². The first-order valence-electron chi connectivity index (χ1n) is 6.79. The van der Waals surface area contributed by atoms with Crippen LogP contribution in [0, 0.1) is 0 Å². The van der Waals surface area contributed by atoms with Crippen LogP contribution in [-0.4, -0.2) is 19.9 Å². The van der Waals surface area contributed by atoms with Gasteiger partial charge in [0.05, 0.1) is 11.4 Å². The molecule has 4 nitrogen and oxygen atoms in total. The van der Waals surface area contributed by atoms with Crippen LogP contribution < -0.4 is 0 Å². The first kappa shape index (κ1) is 13.7. The minimum absolute atomic E-state index is 0.549. The minimum Gasteiger partial charge on any atom is -0.386 e. The first-order valence-corrected chi connectivity index (χ1v) is 6.79. The normalized spacial score (nSPS) is 12.6. The monoisotopic (exact) mass is 259 g/mol. The number of rotatable bonds is 5. The van der Waals surface area contributed by atoms with E-state index >= 15 is 0 Å². The van der Waals surface area contributed by atoms with Gasteiger partial charge < -0.3 is 5.11 Å². The van der Waals surface area contributed by atoms with Crippen molar-refractivity contribution in [3.05, 3.63) is 47.0 Å². The molecule has 0 bridgehead atoms. The van der Waals surface area contributed by atoms with E-state index in [1.807, 2.05) is 23.9 Å². The van der Waals surface area contributed by atoms with Gasteiger partial charge in [-0.2, -0.15) is 5.10 Å². The lowest BCUT2D eigenvalue weighted by Gasteiger charge is -2.13. The van der Waals surface area contributed by atoms with Crippen molar-refractivity contribution in [3.8, 4) is 0 Å². The van der Waals surface area contributed by atoms with E-state index < -0.39 is 6.10 Å². The van der Waals surface area contributed by atoms with Crippen LogP contribution >= 0.6 is 0 Å². The lowest BCUT2D eigenvalue weighted by atomic mass is 10.0. The van der Waals surface area contributed by atoms with E-state index in [2.05, 4.69) is 30.0 Å². The zero-order valence-electron chi connectivity index (χ0n) is 11.8. The highest BCUT2D eigenvalue weighted by atomic mass is 16.3. The number of hydrogen-bond acceptors (Lipinski definition) is 3. The molecule has 0 aliphatic carbocycles. The molecular weight excluding hydrogens is 238 g/mol. The summed E-state index contributed by atoms with van der Waals surface area (Å²) in [4.78, 5) is 4.32. The van der Waals surface area contributed by atoms with E-state index in [1.54, 1.807) is 6.20 Å². The molecule has 0 aromatic carbocycles. The van der Waals surface area contributed by atoms with Gasteiger partial charge in [0.25, 0.3) is 0 Å². The Morgan fingerprint density at radius 3 is 2.74 bits per heavy atom. The van der Waals surface area contributed by atoms with E-state index in [4.69, 9.17) is 0 Å². The lowest BCUT2D eigenvalue weighted by Crippen LogP contribution is -2.10. The summed E-state index contributed by atoms with van der Waals surface area (Å²) in [6.07, 6.45) is 3.50. The van der Waals surface area contributed by atoms with Crippen LogP contribution in [0.1, 0.15) is 42.6 Å². The fourth-order valence-electron chi connectivity index (χ4n) is 2.28. The molecular formula is C15H21N3O. The molecule has 4 heteroatoms. The third kappa shape index (κ3) is 3.01. The van der Waals surface area contributed by atoms with E-state index in [-0.39, 0.29) is 0 Å². The second kappa shape index (κ2) is 5.97. The van der Waals surface area contributed by atoms with E-state index in [0.717, 1.165) is 35.5 Å². The Hall–Kier alpha value is -1.68. The summed E-state index contributed by atoms with van der Waals surface area (Å²) in [6.45, 7) is 4.16. The van der Waals surface area contributed by atoms with Crippen molar-refractivity contribution in [3.63, 3.8) is 0 Å². The predicted molar refractivity (Wildman–Crippen MR) is 74.9 cm³/mol. The molecule has 1 N–H and O–H groups in total. The summed E-state index contributed by atoms with van der Waals surface area (Å²) in [5, 5.41) is 14.8. The molecule has 1 atom stereocenters. The number of aliphatic hydroxyl groups is 1. The number of aromatic nitrogens is 3. The van der Waals surface area contributed by atoms with Crippen molar-refractivity contribution in [2.45, 2.75) is 39.2 Å². The molecule has 2 rings (SSSR count). The molecule has 0 amide bonds. The molecule has 19 heavy (non-hydrogen) atoms. The largest absolute Gasteiger partial charge is 0.386 e. The van der Waals surface area contributed by atoms with Crippen LogP contribution in [0.2, 0.25) is 0 Å². The number of aliphatic hydroxyl groups excluding tert-OH is 1. The third-order valence-electron chi connectivity index (χ3n) is 3.41. The van der Waals surface area contributed by atoms with Crippen molar-refractivity contribution in [2.75, 3.05) is 0 Å². The highest BCUT2D eigenvalue weighted by Crippen LogP contribution is 2.20. The van der Waals surface area contributed by atoms with Gasteiger partial charge in [0.15, 0.2) is 0 Å². The minimum atomic E-state index is -0.573. The number of nitrogens with zero attached hydrogens (tertiary/aromatic N) is 3. The van der Waals surface area contributed by atoms with Crippen LogP contribution in [-0.2, 0) is 26.3 Å². The molecule has 102 valence electrons. The van der Waals surface area contributed by atoms with Gasteiger partial charge in [-0.15, -0.1) is 0 Å². The Kier molecular flexibility index (Phi) is 4.32. The average molecular weight is 259 g/mol. The maximum Gasteiger partial charge on any atom is 0.102 e. The molecule has 0 aliphatic heterocycles. The summed E-state index contributed by atoms with van der Waals surface area (Å²) >= 11 is 0. The standard InChI is InChI=1S/C15H21N3O/c1-4-11-7-6-8-16-15(11)14(19)10-13-9-12(5-2)17-18(13)3/h6-9,14,19H,4-5,10H2,1-3H3. The van der Waals surface area contributed by atoms with Crippen LogP contribution in [0.15, 0.2) is 24.4 Å². The highest BCUT2D eigenvalue weighted by molar-refractivity contribution is 5.23. The molecule has 0 radical (unpaired) electrons. The van der Waals surface area contributed by atoms with Crippen LogP contribution in [0.4, 0.5) is 0 Å². The van der Waals surface area contributed by atoms with Gasteiger partial charge in [0, 0.05) is 25.4 Å². The molecule has 0 aliphatic rings. The number of aryl methyl sites for hydroxylation is 3. The Labute approximate surface area is 114 Å². The van der Waals surface area contributed by atoms with Crippen molar-refractivity contribution >= 4 is 0 Å². The maximum absolute atomic E-state index is 10.4. The Morgan fingerprint density at radius 1 is 1.32 bits per heavy atom. The molecule has 2 aromatic rings. The molecule has 0 fully saturated rings. The summed E-state index contributed by atoms with van der Waals surface area (Å²) in [5.41, 5.74) is 3.98. The van der Waals surface area contributed by atoms with Crippen molar-refractivity contribution < 1.29 is 5.11 Å². The quantitative estimate of drug-likeness (QED) is 0.895. The topological polar surface area (TPSA) is 50.9 Å². The first-order chi connectivity index (χ1) is 9.15. The Balaban J connectivity index is 2.20. The van der Waals surface area contributed by atoms with E-state index in [1.165, 1.54) is 0 Å². The van der Waals surface area contributed by atoms with Gasteiger partial charge in [0.1, 0.15) is 6.10 Å². The summed E-state index contributed by atoms with van der Waals surface area (Å²) in [5.74, 6) is 0. The molecule has 0 spiro atoms. The van der Waals surface area contributed by atoms with Crippen LogP contribution in [0.5, 0.6) is 0 Å². The Morgan fingerprint density at radius 2 is 2.11 bits per heavy atom.